The van der Waals surface area contributed by atoms with Gasteiger partial charge in [-0.2, -0.15) is 0 Å². The van der Waals surface area contributed by atoms with Gasteiger partial charge in [-0.3, -0.25) is 5.84 Å². The fourth-order valence-corrected chi connectivity index (χ4v) is 1.75. The van der Waals surface area contributed by atoms with Gasteiger partial charge in [0, 0.05) is 26.2 Å². The summed E-state index contributed by atoms with van der Waals surface area (Å²) in [6.07, 6.45) is 0.00477. The smallest absolute Gasteiger partial charge is 0.0887 e. The van der Waals surface area contributed by atoms with Crippen molar-refractivity contribution in [1.29, 1.82) is 0 Å². The maximum absolute atomic E-state index is 5.89. The second kappa shape index (κ2) is 4.55. The Balaban J connectivity index is 2.43. The van der Waals surface area contributed by atoms with E-state index >= 15 is 0 Å². The van der Waals surface area contributed by atoms with Crippen LogP contribution >= 0.6 is 0 Å². The summed E-state index contributed by atoms with van der Waals surface area (Å²) in [5.41, 5.74) is 5.58. The highest BCUT2D eigenvalue weighted by atomic mass is 16.5. The Hall–Kier alpha value is -0.200. The molecule has 1 aliphatic rings. The zero-order valence-electron chi connectivity index (χ0n) is 9.19. The third-order valence-corrected chi connectivity index (χ3v) is 2.30. The van der Waals surface area contributed by atoms with Gasteiger partial charge in [-0.15, -0.1) is 0 Å². The fraction of sp³-hybridized carbons (Fsp3) is 1.00. The quantitative estimate of drug-likeness (QED) is 0.592. The van der Waals surface area contributed by atoms with E-state index in [4.69, 9.17) is 21.1 Å². The van der Waals surface area contributed by atoms with Crippen LogP contribution in [0.15, 0.2) is 0 Å². The van der Waals surface area contributed by atoms with E-state index in [2.05, 4.69) is 0 Å². The molecule has 0 saturated carbocycles. The Kier molecular flexibility index (Phi) is 3.86. The van der Waals surface area contributed by atoms with Gasteiger partial charge in [0.2, 0.25) is 0 Å². The normalized spacial score (nSPS) is 29.8. The van der Waals surface area contributed by atoms with Gasteiger partial charge in [0.15, 0.2) is 0 Å². The molecule has 0 amide bonds. The highest BCUT2D eigenvalue weighted by molar-refractivity contribution is 4.87. The number of rotatable bonds is 4. The standard InChI is InChI=1S/C9H21N3O2/c1-9(2,6-13-3)14-8-5-12(11)4-7(8)10/h7-8H,4-6,10-11H2,1-3H3. The molecule has 2 atom stereocenters. The molecule has 0 radical (unpaired) electrons. The molecule has 0 bridgehead atoms. The van der Waals surface area contributed by atoms with Crippen molar-refractivity contribution < 1.29 is 9.47 Å². The fourth-order valence-electron chi connectivity index (χ4n) is 1.75. The molecule has 5 heteroatoms. The summed E-state index contributed by atoms with van der Waals surface area (Å²) in [5, 5.41) is 1.69. The van der Waals surface area contributed by atoms with Crippen LogP contribution in [0.5, 0.6) is 0 Å². The summed E-state index contributed by atoms with van der Waals surface area (Å²) in [5.74, 6) is 5.65. The number of nitrogens with zero attached hydrogens (tertiary/aromatic N) is 1. The molecule has 0 aliphatic carbocycles. The minimum Gasteiger partial charge on any atom is -0.382 e. The van der Waals surface area contributed by atoms with Crippen LogP contribution in [-0.2, 0) is 9.47 Å². The minimum atomic E-state index is -0.303. The molecular formula is C9H21N3O2. The zero-order chi connectivity index (χ0) is 10.8. The van der Waals surface area contributed by atoms with E-state index in [-0.39, 0.29) is 17.7 Å². The summed E-state index contributed by atoms with van der Waals surface area (Å²) in [4.78, 5) is 0. The van der Waals surface area contributed by atoms with Gasteiger partial charge in [0.25, 0.3) is 0 Å². The van der Waals surface area contributed by atoms with E-state index in [0.29, 0.717) is 19.7 Å². The largest absolute Gasteiger partial charge is 0.382 e. The van der Waals surface area contributed by atoms with Crippen molar-refractivity contribution in [3.05, 3.63) is 0 Å². The number of ether oxygens (including phenoxy) is 2. The van der Waals surface area contributed by atoms with Crippen LogP contribution in [-0.4, -0.2) is 49.6 Å². The third-order valence-electron chi connectivity index (χ3n) is 2.30. The average Bonchev–Trinajstić information content (AvgIpc) is 2.28. The van der Waals surface area contributed by atoms with Crippen LogP contribution in [0.3, 0.4) is 0 Å². The molecule has 0 spiro atoms. The molecule has 5 nitrogen and oxygen atoms in total. The predicted octanol–water partition coefficient (Wildman–Crippen LogP) is -0.687. The van der Waals surface area contributed by atoms with Crippen molar-refractivity contribution in [1.82, 2.24) is 5.01 Å². The van der Waals surface area contributed by atoms with Gasteiger partial charge in [-0.25, -0.2) is 5.01 Å². The lowest BCUT2D eigenvalue weighted by Crippen LogP contribution is -2.43. The molecule has 0 aromatic carbocycles. The Morgan fingerprint density at radius 2 is 2.07 bits per heavy atom. The minimum absolute atomic E-state index is 0.00358. The molecule has 1 heterocycles. The lowest BCUT2D eigenvalue weighted by atomic mass is 10.1. The van der Waals surface area contributed by atoms with Crippen molar-refractivity contribution in [2.45, 2.75) is 31.6 Å². The first-order valence-electron chi connectivity index (χ1n) is 4.86. The first-order chi connectivity index (χ1) is 6.44. The molecule has 1 rings (SSSR count). The molecule has 84 valence electrons. The maximum Gasteiger partial charge on any atom is 0.0887 e. The average molecular weight is 203 g/mol. The summed E-state index contributed by atoms with van der Waals surface area (Å²) >= 11 is 0. The Labute approximate surface area is 85.3 Å². The molecule has 0 aromatic rings. The first-order valence-corrected chi connectivity index (χ1v) is 4.86. The lowest BCUT2D eigenvalue weighted by molar-refractivity contribution is -0.104. The number of methoxy groups -OCH3 is 1. The van der Waals surface area contributed by atoms with E-state index in [1.807, 2.05) is 13.8 Å². The van der Waals surface area contributed by atoms with Crippen LogP contribution in [0.4, 0.5) is 0 Å². The molecule has 1 aliphatic heterocycles. The first kappa shape index (κ1) is 11.9. The van der Waals surface area contributed by atoms with E-state index in [1.165, 1.54) is 0 Å². The summed E-state index contributed by atoms with van der Waals surface area (Å²) in [6.45, 7) is 5.91. The zero-order valence-corrected chi connectivity index (χ0v) is 9.19. The SMILES string of the molecule is COCC(C)(C)OC1CN(N)CC1N. The molecule has 14 heavy (non-hydrogen) atoms. The van der Waals surface area contributed by atoms with Crippen molar-refractivity contribution in [2.75, 3.05) is 26.8 Å². The lowest BCUT2D eigenvalue weighted by Gasteiger charge is -2.29. The van der Waals surface area contributed by atoms with Crippen LogP contribution in [0, 0.1) is 0 Å². The van der Waals surface area contributed by atoms with Crippen LogP contribution in [0.1, 0.15) is 13.8 Å². The van der Waals surface area contributed by atoms with Crippen LogP contribution in [0.2, 0.25) is 0 Å². The highest BCUT2D eigenvalue weighted by Gasteiger charge is 2.33. The predicted molar refractivity (Wildman–Crippen MR) is 54.6 cm³/mol. The molecular weight excluding hydrogens is 182 g/mol. The van der Waals surface area contributed by atoms with Crippen molar-refractivity contribution in [3.8, 4) is 0 Å². The molecule has 4 N–H and O–H groups in total. The molecule has 1 fully saturated rings. The van der Waals surface area contributed by atoms with E-state index < -0.39 is 0 Å². The van der Waals surface area contributed by atoms with Gasteiger partial charge < -0.3 is 15.2 Å². The van der Waals surface area contributed by atoms with Crippen molar-refractivity contribution >= 4 is 0 Å². The molecule has 2 unspecified atom stereocenters. The Bertz CT molecular complexity index is 187. The second-order valence-electron chi connectivity index (χ2n) is 4.47. The second-order valence-corrected chi connectivity index (χ2v) is 4.47. The van der Waals surface area contributed by atoms with Crippen molar-refractivity contribution in [2.24, 2.45) is 11.6 Å². The number of hydrazine groups is 1. The van der Waals surface area contributed by atoms with Crippen molar-refractivity contribution in [3.63, 3.8) is 0 Å². The number of nitrogens with two attached hydrogens (primary N) is 2. The van der Waals surface area contributed by atoms with Crippen LogP contribution < -0.4 is 11.6 Å². The van der Waals surface area contributed by atoms with Gasteiger partial charge in [0.05, 0.1) is 18.3 Å². The Morgan fingerprint density at radius 3 is 2.50 bits per heavy atom. The third kappa shape index (κ3) is 3.18. The van der Waals surface area contributed by atoms with E-state index in [1.54, 1.807) is 12.1 Å². The van der Waals surface area contributed by atoms with E-state index in [9.17, 15) is 0 Å². The summed E-state index contributed by atoms with van der Waals surface area (Å²) < 4.78 is 10.9. The summed E-state index contributed by atoms with van der Waals surface area (Å²) in [7, 11) is 1.66. The number of hydrogen-bond acceptors (Lipinski definition) is 5. The van der Waals surface area contributed by atoms with E-state index in [0.717, 1.165) is 0 Å². The monoisotopic (exact) mass is 203 g/mol. The Morgan fingerprint density at radius 1 is 1.43 bits per heavy atom. The van der Waals surface area contributed by atoms with Crippen LogP contribution in [0.25, 0.3) is 0 Å². The maximum atomic E-state index is 5.89. The van der Waals surface area contributed by atoms with Gasteiger partial charge in [-0.05, 0) is 13.8 Å². The molecule has 1 saturated heterocycles. The topological polar surface area (TPSA) is 73.7 Å². The van der Waals surface area contributed by atoms with Gasteiger partial charge in [-0.1, -0.05) is 0 Å². The summed E-state index contributed by atoms with van der Waals surface area (Å²) in [6, 6.07) is -0.00358. The molecule has 0 aromatic heterocycles. The number of hydrogen-bond donors (Lipinski definition) is 2. The van der Waals surface area contributed by atoms with Gasteiger partial charge >= 0.3 is 0 Å². The highest BCUT2D eigenvalue weighted by Crippen LogP contribution is 2.18. The van der Waals surface area contributed by atoms with Gasteiger partial charge in [0.1, 0.15) is 0 Å².